The Kier molecular flexibility index (Phi) is 4.32. The van der Waals surface area contributed by atoms with E-state index in [1.54, 1.807) is 24.3 Å². The van der Waals surface area contributed by atoms with Gasteiger partial charge < -0.3 is 10.1 Å². The fourth-order valence-electron chi connectivity index (χ4n) is 1.53. The first kappa shape index (κ1) is 14.0. The lowest BCUT2D eigenvalue weighted by atomic mass is 10.1. The molecule has 0 atom stereocenters. The average molecular weight is 291 g/mol. The van der Waals surface area contributed by atoms with Crippen LogP contribution in [-0.2, 0) is 4.79 Å². The zero-order valence-electron chi connectivity index (χ0n) is 10.6. The molecular formula is C14H11ClN2O3. The number of Topliss-reactive ketones (excluding diaryl/α,β-unsaturated/α-hetero) is 1. The Bertz CT molecular complexity index is 641. The van der Waals surface area contributed by atoms with Crippen LogP contribution in [-0.4, -0.2) is 23.8 Å². The molecule has 6 heteroatoms. The van der Waals surface area contributed by atoms with E-state index < -0.39 is 11.7 Å². The van der Waals surface area contributed by atoms with E-state index in [4.69, 9.17) is 16.3 Å². The Hall–Kier alpha value is -2.40. The molecule has 0 bridgehead atoms. The molecule has 0 saturated heterocycles. The van der Waals surface area contributed by atoms with Gasteiger partial charge >= 0.3 is 0 Å². The summed E-state index contributed by atoms with van der Waals surface area (Å²) in [5, 5.41) is 2.55. The number of pyridine rings is 1. The molecule has 0 aliphatic heterocycles. The van der Waals surface area contributed by atoms with Crippen LogP contribution in [0.1, 0.15) is 10.4 Å². The van der Waals surface area contributed by atoms with Gasteiger partial charge in [-0.15, -0.1) is 0 Å². The molecule has 2 rings (SSSR count). The molecule has 0 aliphatic rings. The lowest BCUT2D eigenvalue weighted by Crippen LogP contribution is -2.23. The number of hydrogen-bond acceptors (Lipinski definition) is 4. The normalized spacial score (nSPS) is 9.90. The summed E-state index contributed by atoms with van der Waals surface area (Å²) < 4.78 is 4.98. The zero-order valence-corrected chi connectivity index (χ0v) is 11.3. The third kappa shape index (κ3) is 3.13. The summed E-state index contributed by atoms with van der Waals surface area (Å²) in [5.41, 5.74) is 0.560. The molecule has 0 fully saturated rings. The van der Waals surface area contributed by atoms with E-state index in [1.807, 2.05) is 0 Å². The third-order valence-corrected chi connectivity index (χ3v) is 2.87. The first-order valence-corrected chi connectivity index (χ1v) is 6.10. The number of carbonyl (C=O) groups is 2. The second-order valence-corrected chi connectivity index (χ2v) is 4.21. The van der Waals surface area contributed by atoms with Crippen LogP contribution in [0.4, 0.5) is 5.69 Å². The van der Waals surface area contributed by atoms with Crippen molar-refractivity contribution in [1.82, 2.24) is 4.98 Å². The Morgan fingerprint density at radius 3 is 2.50 bits per heavy atom. The summed E-state index contributed by atoms with van der Waals surface area (Å²) >= 11 is 5.80. The van der Waals surface area contributed by atoms with E-state index in [0.717, 1.165) is 0 Å². The number of ether oxygens (including phenoxy) is 1. The molecule has 102 valence electrons. The van der Waals surface area contributed by atoms with Crippen LogP contribution in [0.15, 0.2) is 42.6 Å². The van der Waals surface area contributed by atoms with E-state index in [9.17, 15) is 9.59 Å². The van der Waals surface area contributed by atoms with E-state index in [1.165, 1.54) is 25.4 Å². The highest BCUT2D eigenvalue weighted by Gasteiger charge is 2.17. The van der Waals surface area contributed by atoms with Gasteiger partial charge in [0.25, 0.3) is 11.7 Å². The quantitative estimate of drug-likeness (QED) is 0.534. The van der Waals surface area contributed by atoms with Gasteiger partial charge in [0.15, 0.2) is 5.15 Å². The largest absolute Gasteiger partial charge is 0.497 e. The van der Waals surface area contributed by atoms with Gasteiger partial charge in [-0.3, -0.25) is 9.59 Å². The van der Waals surface area contributed by atoms with Crippen molar-refractivity contribution in [1.29, 1.82) is 0 Å². The number of carbonyl (C=O) groups excluding carboxylic acids is 2. The molecule has 1 N–H and O–H groups in total. The molecule has 2 aromatic rings. The second kappa shape index (κ2) is 6.16. The number of rotatable bonds is 4. The van der Waals surface area contributed by atoms with Crippen LogP contribution in [0.25, 0.3) is 0 Å². The topological polar surface area (TPSA) is 68.3 Å². The number of aromatic nitrogens is 1. The van der Waals surface area contributed by atoms with Crippen molar-refractivity contribution < 1.29 is 14.3 Å². The summed E-state index contributed by atoms with van der Waals surface area (Å²) in [5.74, 6) is -0.824. The number of benzene rings is 1. The minimum Gasteiger partial charge on any atom is -0.497 e. The number of hydrogen-bond donors (Lipinski definition) is 1. The maximum atomic E-state index is 11.9. The Morgan fingerprint density at radius 2 is 1.90 bits per heavy atom. The van der Waals surface area contributed by atoms with Crippen LogP contribution in [0.3, 0.4) is 0 Å². The number of methoxy groups -OCH3 is 1. The average Bonchev–Trinajstić information content (AvgIpc) is 2.49. The Balaban J connectivity index is 2.12. The van der Waals surface area contributed by atoms with Crippen molar-refractivity contribution in [3.05, 3.63) is 53.3 Å². The molecular weight excluding hydrogens is 280 g/mol. The van der Waals surface area contributed by atoms with Crippen LogP contribution < -0.4 is 10.1 Å². The van der Waals surface area contributed by atoms with Crippen LogP contribution in [0.2, 0.25) is 5.15 Å². The number of anilines is 1. The molecule has 0 spiro atoms. The minimum atomic E-state index is -0.773. The van der Waals surface area contributed by atoms with Crippen molar-refractivity contribution in [2.24, 2.45) is 0 Å². The minimum absolute atomic E-state index is 0.128. The van der Waals surface area contributed by atoms with E-state index in [-0.39, 0.29) is 10.7 Å². The molecule has 1 aromatic heterocycles. The number of nitrogens with one attached hydrogen (secondary N) is 1. The van der Waals surface area contributed by atoms with Gasteiger partial charge in [0.2, 0.25) is 0 Å². The van der Waals surface area contributed by atoms with Crippen molar-refractivity contribution >= 4 is 29.0 Å². The van der Waals surface area contributed by atoms with Crippen molar-refractivity contribution in [2.75, 3.05) is 12.4 Å². The summed E-state index contributed by atoms with van der Waals surface area (Å²) in [4.78, 5) is 27.6. The van der Waals surface area contributed by atoms with Crippen molar-refractivity contribution in [3.8, 4) is 5.75 Å². The molecule has 1 aromatic carbocycles. The second-order valence-electron chi connectivity index (χ2n) is 3.85. The molecule has 0 aliphatic carbocycles. The standard InChI is InChI=1S/C14H11ClN2O3/c1-20-10-6-4-9(5-7-10)12(18)14(19)17-11-3-2-8-16-13(11)15/h2-8H,1H3,(H,17,19). The number of amides is 1. The van der Waals surface area contributed by atoms with Crippen LogP contribution in [0, 0.1) is 0 Å². The van der Waals surface area contributed by atoms with Gasteiger partial charge in [-0.25, -0.2) is 4.98 Å². The first-order valence-electron chi connectivity index (χ1n) is 5.72. The summed E-state index contributed by atoms with van der Waals surface area (Å²) in [6.07, 6.45) is 1.49. The maximum absolute atomic E-state index is 11.9. The zero-order chi connectivity index (χ0) is 14.5. The van der Waals surface area contributed by atoms with Crippen molar-refractivity contribution in [2.45, 2.75) is 0 Å². The summed E-state index contributed by atoms with van der Waals surface area (Å²) in [7, 11) is 1.52. The Morgan fingerprint density at radius 1 is 1.20 bits per heavy atom. The lowest BCUT2D eigenvalue weighted by Gasteiger charge is -2.06. The van der Waals surface area contributed by atoms with Gasteiger partial charge in [0, 0.05) is 11.8 Å². The fourth-order valence-corrected chi connectivity index (χ4v) is 1.70. The molecule has 20 heavy (non-hydrogen) atoms. The predicted molar refractivity (Wildman–Crippen MR) is 75.2 cm³/mol. The Labute approximate surface area is 120 Å². The van der Waals surface area contributed by atoms with Gasteiger partial charge in [-0.1, -0.05) is 11.6 Å². The highest BCUT2D eigenvalue weighted by molar-refractivity contribution is 6.47. The van der Waals surface area contributed by atoms with Crippen LogP contribution in [0.5, 0.6) is 5.75 Å². The van der Waals surface area contributed by atoms with E-state index >= 15 is 0 Å². The van der Waals surface area contributed by atoms with Gasteiger partial charge in [0.1, 0.15) is 5.75 Å². The number of ketones is 1. The van der Waals surface area contributed by atoms with Crippen LogP contribution >= 0.6 is 11.6 Å². The molecule has 5 nitrogen and oxygen atoms in total. The third-order valence-electron chi connectivity index (χ3n) is 2.57. The smallest absolute Gasteiger partial charge is 0.296 e. The van der Waals surface area contributed by atoms with Gasteiger partial charge in [-0.05, 0) is 36.4 Å². The molecule has 1 heterocycles. The van der Waals surface area contributed by atoms with E-state index in [2.05, 4.69) is 10.3 Å². The molecule has 0 radical (unpaired) electrons. The van der Waals surface area contributed by atoms with E-state index in [0.29, 0.717) is 11.4 Å². The molecule has 0 unspecified atom stereocenters. The highest BCUT2D eigenvalue weighted by Crippen LogP contribution is 2.18. The monoisotopic (exact) mass is 290 g/mol. The number of nitrogens with zero attached hydrogens (tertiary/aromatic N) is 1. The van der Waals surface area contributed by atoms with Gasteiger partial charge in [0.05, 0.1) is 12.8 Å². The lowest BCUT2D eigenvalue weighted by molar-refractivity contribution is -0.112. The van der Waals surface area contributed by atoms with Gasteiger partial charge in [-0.2, -0.15) is 0 Å². The summed E-state index contributed by atoms with van der Waals surface area (Å²) in [6.45, 7) is 0. The maximum Gasteiger partial charge on any atom is 0.296 e. The summed E-state index contributed by atoms with van der Waals surface area (Å²) in [6, 6.07) is 9.43. The number of halogens is 1. The van der Waals surface area contributed by atoms with Crippen molar-refractivity contribution in [3.63, 3.8) is 0 Å². The fraction of sp³-hybridized carbons (Fsp3) is 0.0714. The molecule has 1 amide bonds. The first-order chi connectivity index (χ1) is 9.61. The highest BCUT2D eigenvalue weighted by atomic mass is 35.5. The molecule has 0 saturated carbocycles. The SMILES string of the molecule is COc1ccc(C(=O)C(=O)Nc2cccnc2Cl)cc1. The predicted octanol–water partition coefficient (Wildman–Crippen LogP) is 2.57.